The Hall–Kier alpha value is -3.56. The monoisotopic (exact) mass is 435 g/mol. The van der Waals surface area contributed by atoms with E-state index in [4.69, 9.17) is 0 Å². The van der Waals surface area contributed by atoms with Crippen molar-refractivity contribution in [2.45, 2.75) is 26.2 Å². The average molecular weight is 435 g/mol. The Bertz CT molecular complexity index is 1370. The number of aryl methyl sites for hydroxylation is 4. The summed E-state index contributed by atoms with van der Waals surface area (Å²) in [6, 6.07) is 3.70. The Morgan fingerprint density at radius 3 is 2.47 bits per heavy atom. The molecule has 3 aromatic rings. The molecule has 1 aliphatic carbocycles. The minimum Gasteiger partial charge on any atom is -0.352 e. The number of nitrogens with zero attached hydrogens (tertiary/aromatic N) is 7. The van der Waals surface area contributed by atoms with Crippen LogP contribution in [0.5, 0.6) is 0 Å². The molecular weight excluding hydrogens is 410 g/mol. The summed E-state index contributed by atoms with van der Waals surface area (Å²) in [5.41, 5.74) is 2.65. The number of fused-ring (bicyclic) bond motifs is 2. The molecule has 0 unspecified atom stereocenters. The fourth-order valence-corrected chi connectivity index (χ4v) is 4.59. The number of aromatic nitrogens is 5. The van der Waals surface area contributed by atoms with E-state index in [1.807, 2.05) is 0 Å². The highest BCUT2D eigenvalue weighted by molar-refractivity contribution is 5.98. The Morgan fingerprint density at radius 1 is 0.969 bits per heavy atom. The first-order valence-electron chi connectivity index (χ1n) is 10.8. The summed E-state index contributed by atoms with van der Waals surface area (Å²) < 4.78 is 2.36. The molecule has 32 heavy (non-hydrogen) atoms. The summed E-state index contributed by atoms with van der Waals surface area (Å²) in [5, 5.41) is 9.01. The van der Waals surface area contributed by atoms with Crippen molar-refractivity contribution in [2.75, 3.05) is 31.1 Å². The van der Waals surface area contributed by atoms with Crippen LogP contribution in [0, 0.1) is 6.92 Å². The predicted octanol–water partition coefficient (Wildman–Crippen LogP) is 0.182. The minimum absolute atomic E-state index is 0.160. The third-order valence-electron chi connectivity index (χ3n) is 6.55. The van der Waals surface area contributed by atoms with Crippen LogP contribution >= 0.6 is 0 Å². The zero-order chi connectivity index (χ0) is 22.6. The van der Waals surface area contributed by atoms with Gasteiger partial charge in [0.25, 0.3) is 11.5 Å². The van der Waals surface area contributed by atoms with Crippen molar-refractivity contribution >= 4 is 22.8 Å². The van der Waals surface area contributed by atoms with Crippen molar-refractivity contribution in [3.05, 3.63) is 55.5 Å². The van der Waals surface area contributed by atoms with Crippen LogP contribution in [0.15, 0.2) is 21.7 Å². The molecule has 10 nitrogen and oxygen atoms in total. The first kappa shape index (κ1) is 20.3. The van der Waals surface area contributed by atoms with Crippen molar-refractivity contribution in [3.63, 3.8) is 0 Å². The molecule has 5 rings (SSSR count). The summed E-state index contributed by atoms with van der Waals surface area (Å²) in [6.45, 7) is 4.14. The van der Waals surface area contributed by atoms with E-state index in [-0.39, 0.29) is 16.9 Å². The number of amides is 1. The number of carbonyl (C=O) groups excluding carboxylic acids is 1. The molecule has 10 heteroatoms. The van der Waals surface area contributed by atoms with Crippen molar-refractivity contribution in [1.82, 2.24) is 29.2 Å². The summed E-state index contributed by atoms with van der Waals surface area (Å²) >= 11 is 0. The fraction of sp³-hybridized carbons (Fsp3) is 0.455. The molecule has 2 aliphatic rings. The first-order valence-corrected chi connectivity index (χ1v) is 10.8. The van der Waals surface area contributed by atoms with Gasteiger partial charge in [0.05, 0.1) is 22.3 Å². The van der Waals surface area contributed by atoms with Crippen LogP contribution in [0.2, 0.25) is 0 Å². The zero-order valence-electron chi connectivity index (χ0n) is 18.5. The number of pyridine rings is 1. The highest BCUT2D eigenvalue weighted by Gasteiger charge is 2.26. The lowest BCUT2D eigenvalue weighted by atomic mass is 10.1. The molecule has 4 heterocycles. The maximum Gasteiger partial charge on any atom is 0.332 e. The number of hydrogen-bond donors (Lipinski definition) is 0. The largest absolute Gasteiger partial charge is 0.352 e. The van der Waals surface area contributed by atoms with E-state index in [2.05, 4.69) is 26.1 Å². The van der Waals surface area contributed by atoms with Gasteiger partial charge in [-0.25, -0.2) is 9.78 Å². The molecular formula is C22H25N7O3. The second-order valence-electron chi connectivity index (χ2n) is 8.51. The molecule has 0 bridgehead atoms. The normalized spacial score (nSPS) is 16.0. The van der Waals surface area contributed by atoms with Gasteiger partial charge in [-0.3, -0.25) is 18.7 Å². The molecule has 1 fully saturated rings. The molecule has 166 valence electrons. The lowest BCUT2D eigenvalue weighted by Gasteiger charge is -2.35. The number of rotatable bonds is 2. The fourth-order valence-electron chi connectivity index (χ4n) is 4.59. The third-order valence-corrected chi connectivity index (χ3v) is 6.55. The lowest BCUT2D eigenvalue weighted by Crippen LogP contribution is -2.49. The van der Waals surface area contributed by atoms with Crippen LogP contribution in [0.25, 0.3) is 11.0 Å². The molecule has 1 saturated heterocycles. The molecule has 0 spiro atoms. The predicted molar refractivity (Wildman–Crippen MR) is 119 cm³/mol. The maximum absolute atomic E-state index is 13.3. The Labute approximate surface area is 184 Å². The summed E-state index contributed by atoms with van der Waals surface area (Å²) in [5.74, 6) is 0.707. The van der Waals surface area contributed by atoms with E-state index in [9.17, 15) is 14.4 Å². The molecule has 3 aromatic heterocycles. The van der Waals surface area contributed by atoms with Crippen LogP contribution in [-0.4, -0.2) is 61.3 Å². The molecule has 1 aliphatic heterocycles. The van der Waals surface area contributed by atoms with Gasteiger partial charge < -0.3 is 9.80 Å². The van der Waals surface area contributed by atoms with Gasteiger partial charge in [-0.15, -0.1) is 5.10 Å². The van der Waals surface area contributed by atoms with Gasteiger partial charge in [0, 0.05) is 40.3 Å². The van der Waals surface area contributed by atoms with E-state index >= 15 is 0 Å². The Morgan fingerprint density at radius 2 is 1.72 bits per heavy atom. The van der Waals surface area contributed by atoms with E-state index in [1.165, 1.54) is 17.2 Å². The second kappa shape index (κ2) is 7.54. The van der Waals surface area contributed by atoms with Crippen LogP contribution in [0.4, 0.5) is 5.82 Å². The summed E-state index contributed by atoms with van der Waals surface area (Å²) in [4.78, 5) is 46.4. The standard InChI is InChI=1S/C22H25N7O3/c1-13-15(12-16-19(23-13)26(2)22(32)27(3)20(16)30)21(31)29-9-7-28(8-10-29)18-11-14-5-4-6-17(14)24-25-18/h11-12H,4-10H2,1-3H3. The van der Waals surface area contributed by atoms with Gasteiger partial charge in [-0.1, -0.05) is 0 Å². The number of hydrogen-bond acceptors (Lipinski definition) is 7. The lowest BCUT2D eigenvalue weighted by molar-refractivity contribution is 0.0745. The molecule has 0 aromatic carbocycles. The topological polar surface area (TPSA) is 106 Å². The zero-order valence-corrected chi connectivity index (χ0v) is 18.5. The molecule has 0 saturated carbocycles. The SMILES string of the molecule is Cc1nc2c(cc1C(=O)N1CCN(c3cc4c(nn3)CCC4)CC1)c(=O)n(C)c(=O)n2C. The van der Waals surface area contributed by atoms with Crippen LogP contribution < -0.4 is 16.1 Å². The van der Waals surface area contributed by atoms with Gasteiger partial charge in [-0.05, 0) is 43.9 Å². The van der Waals surface area contributed by atoms with Crippen LogP contribution in [0.1, 0.15) is 33.7 Å². The summed E-state index contributed by atoms with van der Waals surface area (Å²) in [6.07, 6.45) is 3.18. The van der Waals surface area contributed by atoms with E-state index < -0.39 is 11.2 Å². The molecule has 0 atom stereocenters. The van der Waals surface area contributed by atoms with Crippen molar-refractivity contribution < 1.29 is 4.79 Å². The van der Waals surface area contributed by atoms with E-state index in [0.717, 1.165) is 35.3 Å². The van der Waals surface area contributed by atoms with Gasteiger partial charge in [0.2, 0.25) is 0 Å². The van der Waals surface area contributed by atoms with Crippen molar-refractivity contribution in [1.29, 1.82) is 0 Å². The van der Waals surface area contributed by atoms with E-state index in [1.54, 1.807) is 24.9 Å². The third kappa shape index (κ3) is 3.17. The molecule has 0 N–H and O–H groups in total. The first-order chi connectivity index (χ1) is 15.3. The quantitative estimate of drug-likeness (QED) is 0.565. The van der Waals surface area contributed by atoms with Gasteiger partial charge in [0.1, 0.15) is 5.65 Å². The minimum atomic E-state index is -0.454. The van der Waals surface area contributed by atoms with Gasteiger partial charge in [-0.2, -0.15) is 5.10 Å². The molecule has 1 amide bonds. The Balaban J connectivity index is 1.39. The van der Waals surface area contributed by atoms with Crippen molar-refractivity contribution in [2.24, 2.45) is 14.1 Å². The molecule has 0 radical (unpaired) electrons. The Kier molecular flexibility index (Phi) is 4.79. The maximum atomic E-state index is 13.3. The average Bonchev–Trinajstić information content (AvgIpc) is 3.29. The summed E-state index contributed by atoms with van der Waals surface area (Å²) in [7, 11) is 2.99. The van der Waals surface area contributed by atoms with Gasteiger partial charge >= 0.3 is 5.69 Å². The second-order valence-corrected chi connectivity index (χ2v) is 8.51. The highest BCUT2D eigenvalue weighted by Crippen LogP contribution is 2.24. The van der Waals surface area contributed by atoms with E-state index in [0.29, 0.717) is 37.4 Å². The highest BCUT2D eigenvalue weighted by atomic mass is 16.2. The smallest absolute Gasteiger partial charge is 0.332 e. The van der Waals surface area contributed by atoms with Gasteiger partial charge in [0.15, 0.2) is 5.82 Å². The number of piperazine rings is 1. The number of anilines is 1. The number of carbonyl (C=O) groups is 1. The van der Waals surface area contributed by atoms with Crippen LogP contribution in [-0.2, 0) is 26.9 Å². The van der Waals surface area contributed by atoms with Crippen molar-refractivity contribution in [3.8, 4) is 0 Å². The van der Waals surface area contributed by atoms with Crippen LogP contribution in [0.3, 0.4) is 0 Å².